The Morgan fingerprint density at radius 3 is 2.79 bits per heavy atom. The summed E-state index contributed by atoms with van der Waals surface area (Å²) in [7, 11) is 0. The van der Waals surface area contributed by atoms with Crippen LogP contribution in [0.3, 0.4) is 0 Å². The van der Waals surface area contributed by atoms with Crippen LogP contribution in [-0.4, -0.2) is 17.0 Å². The van der Waals surface area contributed by atoms with Gasteiger partial charge in [-0.1, -0.05) is 30.3 Å². The molecule has 1 heterocycles. The lowest BCUT2D eigenvalue weighted by Crippen LogP contribution is -2.19. The number of hydrogen-bond donors (Lipinski definition) is 2. The zero-order valence-corrected chi connectivity index (χ0v) is 16.3. The predicted molar refractivity (Wildman–Crippen MR) is 112 cm³/mol. The van der Waals surface area contributed by atoms with Gasteiger partial charge in [-0.2, -0.15) is 0 Å². The molecule has 0 saturated heterocycles. The zero-order valence-electron chi connectivity index (χ0n) is 15.4. The number of aryl methyl sites for hydroxylation is 1. The highest BCUT2D eigenvalue weighted by Crippen LogP contribution is 2.32. The van der Waals surface area contributed by atoms with E-state index in [4.69, 9.17) is 11.7 Å². The molecule has 3 rings (SSSR count). The highest BCUT2D eigenvalue weighted by molar-refractivity contribution is 7.17. The maximum atomic E-state index is 12.9. The molecule has 1 atom stereocenters. The van der Waals surface area contributed by atoms with E-state index in [1.807, 2.05) is 36.6 Å². The fourth-order valence-electron chi connectivity index (χ4n) is 3.11. The molecule has 1 amide bonds. The number of carboxylic acids is 1. The van der Waals surface area contributed by atoms with E-state index in [2.05, 4.69) is 10.2 Å². The van der Waals surface area contributed by atoms with Gasteiger partial charge < -0.3 is 10.4 Å². The minimum atomic E-state index is -0.846. The molecule has 0 bridgehead atoms. The van der Waals surface area contributed by atoms with Crippen LogP contribution in [0.1, 0.15) is 36.8 Å². The number of anilines is 1. The maximum Gasteiger partial charge on any atom is 0.303 e. The average Bonchev–Trinajstić information content (AvgIpc) is 3.12. The summed E-state index contributed by atoms with van der Waals surface area (Å²) in [6, 6.07) is 13.1. The number of benzene rings is 2. The Hall–Kier alpha value is -3.17. The van der Waals surface area contributed by atoms with Crippen molar-refractivity contribution >= 4 is 44.7 Å². The molecule has 5 nitrogen and oxygen atoms in total. The smallest absolute Gasteiger partial charge is 0.303 e. The summed E-state index contributed by atoms with van der Waals surface area (Å²) in [5, 5.41) is 14.9. The standard InChI is InChI=1S/C22H20N2O3S/c1-14(18-13-28-20-8-4-3-7-17(18)20)22(27)24-19-12-16(23-2)11-10-15(19)6-5-9-21(25)26/h3-4,7-8,10-14H,5-6,9H2,1H3,(H,24,27)(H,25,26). The summed E-state index contributed by atoms with van der Waals surface area (Å²) in [6.07, 6.45) is 1.06. The van der Waals surface area contributed by atoms with Crippen molar-refractivity contribution < 1.29 is 14.7 Å². The van der Waals surface area contributed by atoms with E-state index in [1.165, 1.54) is 0 Å². The third kappa shape index (κ3) is 4.38. The van der Waals surface area contributed by atoms with Gasteiger partial charge in [-0.15, -0.1) is 11.3 Å². The summed E-state index contributed by atoms with van der Waals surface area (Å²) >= 11 is 1.61. The van der Waals surface area contributed by atoms with Crippen LogP contribution < -0.4 is 5.32 Å². The Balaban J connectivity index is 1.82. The van der Waals surface area contributed by atoms with Gasteiger partial charge >= 0.3 is 5.97 Å². The van der Waals surface area contributed by atoms with E-state index in [0.29, 0.717) is 24.2 Å². The number of fused-ring (bicyclic) bond motifs is 1. The van der Waals surface area contributed by atoms with Gasteiger partial charge in [0.05, 0.1) is 12.5 Å². The van der Waals surface area contributed by atoms with Crippen LogP contribution in [0.15, 0.2) is 47.8 Å². The quantitative estimate of drug-likeness (QED) is 0.514. The van der Waals surface area contributed by atoms with Crippen LogP contribution in [0.2, 0.25) is 0 Å². The van der Waals surface area contributed by atoms with E-state index in [9.17, 15) is 9.59 Å². The van der Waals surface area contributed by atoms with Crippen LogP contribution in [0.25, 0.3) is 14.9 Å². The first kappa shape index (κ1) is 19.6. The molecule has 0 aliphatic rings. The largest absolute Gasteiger partial charge is 0.481 e. The fourth-order valence-corrected chi connectivity index (χ4v) is 4.17. The van der Waals surface area contributed by atoms with E-state index in [0.717, 1.165) is 21.2 Å². The Morgan fingerprint density at radius 2 is 2.04 bits per heavy atom. The van der Waals surface area contributed by atoms with Crippen LogP contribution in [0.4, 0.5) is 11.4 Å². The summed E-state index contributed by atoms with van der Waals surface area (Å²) in [5.74, 6) is -1.34. The van der Waals surface area contributed by atoms with E-state index in [1.54, 1.807) is 29.5 Å². The molecule has 1 unspecified atom stereocenters. The number of thiophene rings is 1. The third-order valence-corrected chi connectivity index (χ3v) is 5.67. The molecule has 6 heteroatoms. The molecule has 0 radical (unpaired) electrons. The molecule has 0 aliphatic heterocycles. The second kappa shape index (κ2) is 8.68. The van der Waals surface area contributed by atoms with Crippen LogP contribution in [0, 0.1) is 6.57 Å². The van der Waals surface area contributed by atoms with Crippen LogP contribution in [-0.2, 0) is 16.0 Å². The minimum Gasteiger partial charge on any atom is -0.481 e. The minimum absolute atomic E-state index is 0.0647. The lowest BCUT2D eigenvalue weighted by molar-refractivity contribution is -0.137. The molecule has 3 aromatic rings. The summed E-state index contributed by atoms with van der Waals surface area (Å²) in [4.78, 5) is 27.1. The van der Waals surface area contributed by atoms with Crippen molar-refractivity contribution in [2.24, 2.45) is 0 Å². The molecule has 142 valence electrons. The lowest BCUT2D eigenvalue weighted by atomic mass is 9.99. The molecule has 0 fully saturated rings. The van der Waals surface area contributed by atoms with Crippen molar-refractivity contribution in [2.75, 3.05) is 5.32 Å². The van der Waals surface area contributed by atoms with Crippen LogP contribution in [0.5, 0.6) is 0 Å². The molecule has 0 spiro atoms. The third-order valence-electron chi connectivity index (χ3n) is 4.69. The van der Waals surface area contributed by atoms with Crippen molar-refractivity contribution in [2.45, 2.75) is 32.1 Å². The van der Waals surface area contributed by atoms with Crippen molar-refractivity contribution in [1.29, 1.82) is 0 Å². The van der Waals surface area contributed by atoms with Gasteiger partial charge in [-0.3, -0.25) is 9.59 Å². The number of nitrogens with one attached hydrogen (secondary N) is 1. The van der Waals surface area contributed by atoms with Crippen LogP contribution >= 0.6 is 11.3 Å². The summed E-state index contributed by atoms with van der Waals surface area (Å²) in [5.41, 5.74) is 2.83. The Morgan fingerprint density at radius 1 is 1.25 bits per heavy atom. The Labute approximate surface area is 167 Å². The van der Waals surface area contributed by atoms with Crippen molar-refractivity contribution in [3.05, 3.63) is 70.4 Å². The van der Waals surface area contributed by atoms with Gasteiger partial charge in [0.25, 0.3) is 0 Å². The predicted octanol–water partition coefficient (Wildman–Crippen LogP) is 5.60. The summed E-state index contributed by atoms with van der Waals surface area (Å²) in [6.45, 7) is 9.08. The molecule has 0 saturated carbocycles. The first-order valence-electron chi connectivity index (χ1n) is 8.98. The second-order valence-electron chi connectivity index (χ2n) is 6.60. The summed E-state index contributed by atoms with van der Waals surface area (Å²) < 4.78 is 1.14. The number of amides is 1. The fraction of sp³-hybridized carbons (Fsp3) is 0.227. The SMILES string of the molecule is [C-]#[N+]c1ccc(CCCC(=O)O)c(NC(=O)C(C)c2csc3ccccc23)c1. The number of aliphatic carboxylic acids is 1. The first-order valence-corrected chi connectivity index (χ1v) is 9.86. The number of carbonyl (C=O) groups excluding carboxylic acids is 1. The zero-order chi connectivity index (χ0) is 20.1. The number of rotatable bonds is 7. The van der Waals surface area contributed by atoms with Crippen molar-refractivity contribution in [3.8, 4) is 0 Å². The number of carboxylic acid groups (broad SMARTS) is 1. The number of hydrogen-bond acceptors (Lipinski definition) is 3. The number of nitrogens with zero attached hydrogens (tertiary/aromatic N) is 1. The molecular weight excluding hydrogens is 372 g/mol. The Kier molecular flexibility index (Phi) is 6.07. The normalized spacial score (nSPS) is 11.7. The van der Waals surface area contributed by atoms with Gasteiger partial charge in [0.2, 0.25) is 5.91 Å². The maximum absolute atomic E-state index is 12.9. The highest BCUT2D eigenvalue weighted by atomic mass is 32.1. The number of carbonyl (C=O) groups is 2. The molecule has 2 aromatic carbocycles. The van der Waals surface area contributed by atoms with Gasteiger partial charge in [-0.25, -0.2) is 4.85 Å². The van der Waals surface area contributed by atoms with E-state index < -0.39 is 5.97 Å². The molecular formula is C22H20N2O3S. The molecule has 1 aromatic heterocycles. The molecule has 0 aliphatic carbocycles. The van der Waals surface area contributed by atoms with Gasteiger partial charge in [0.1, 0.15) is 0 Å². The molecule has 2 N–H and O–H groups in total. The lowest BCUT2D eigenvalue weighted by Gasteiger charge is -2.15. The Bertz CT molecular complexity index is 1070. The van der Waals surface area contributed by atoms with Crippen molar-refractivity contribution in [3.63, 3.8) is 0 Å². The second-order valence-corrected chi connectivity index (χ2v) is 7.51. The topological polar surface area (TPSA) is 70.8 Å². The first-order chi connectivity index (χ1) is 13.5. The van der Waals surface area contributed by atoms with Crippen molar-refractivity contribution in [1.82, 2.24) is 0 Å². The van der Waals surface area contributed by atoms with E-state index in [-0.39, 0.29) is 18.2 Å². The average molecular weight is 392 g/mol. The molecule has 28 heavy (non-hydrogen) atoms. The highest BCUT2D eigenvalue weighted by Gasteiger charge is 2.20. The van der Waals surface area contributed by atoms with E-state index >= 15 is 0 Å². The van der Waals surface area contributed by atoms with Gasteiger partial charge in [-0.05, 0) is 53.8 Å². The van der Waals surface area contributed by atoms with Gasteiger partial charge in [0, 0.05) is 16.8 Å². The van der Waals surface area contributed by atoms with Gasteiger partial charge in [0.15, 0.2) is 5.69 Å². The monoisotopic (exact) mass is 392 g/mol.